The average Bonchev–Trinajstić information content (AvgIpc) is 3.35. The predicted molar refractivity (Wildman–Crippen MR) is 331 cm³/mol. The molecule has 1 saturated carbocycles. The first-order valence-corrected chi connectivity index (χ1v) is 29.4. The first-order valence-electron chi connectivity index (χ1n) is 29.4. The molecule has 0 amide bonds. The van der Waals surface area contributed by atoms with Gasteiger partial charge in [-0.2, -0.15) is 0 Å². The molecule has 74 heavy (non-hydrogen) atoms. The maximum Gasteiger partial charge on any atom is 0.127 e. The number of phenols is 2. The van der Waals surface area contributed by atoms with Crippen LogP contribution in [0.2, 0.25) is 0 Å². The molecule has 3 rings (SSSR count). The van der Waals surface area contributed by atoms with E-state index < -0.39 is 0 Å². The predicted octanol–water partition coefficient (Wildman–Crippen LogP) is 19.4. The van der Waals surface area contributed by atoms with Gasteiger partial charge in [0.2, 0.25) is 0 Å². The number of aryl methyl sites for hydroxylation is 2. The molecule has 1 aliphatic carbocycles. The summed E-state index contributed by atoms with van der Waals surface area (Å²) in [6.45, 7) is 33.4. The van der Waals surface area contributed by atoms with E-state index in [9.17, 15) is 10.2 Å². The van der Waals surface area contributed by atoms with Crippen LogP contribution in [0.15, 0.2) is 34.3 Å². The SMILES string of the molecule is CCCCC(CCCC)c1cc(C)c(O)c(C=NC2CCCCC2N=Cc2cc(C(CCC[N+](CCCC)(CCCC)CCCC)CCC[N+](CCCC)(CCCC)CCCC)cc(C)c2O)c1.[CH3-].[CH3-].[CH3-].[CH3-].[CH3-].[Co]. The molecule has 0 heterocycles. The van der Waals surface area contributed by atoms with E-state index in [-0.39, 0.29) is 66.0 Å². The normalized spacial score (nSPS) is 14.8. The van der Waals surface area contributed by atoms with Crippen molar-refractivity contribution in [3.05, 3.63) is 94.8 Å². The van der Waals surface area contributed by atoms with Crippen molar-refractivity contribution in [3.8, 4) is 11.5 Å². The first kappa shape index (κ1) is 78.3. The summed E-state index contributed by atoms with van der Waals surface area (Å²) in [5, 5.41) is 23.0. The molecular weight excluding hydrogens is 952 g/mol. The smallest absolute Gasteiger partial charge is 0.127 e. The Morgan fingerprint density at radius 3 is 0.959 bits per heavy atom. The summed E-state index contributed by atoms with van der Waals surface area (Å²) >= 11 is 0. The van der Waals surface area contributed by atoms with Crippen molar-refractivity contribution in [3.63, 3.8) is 0 Å². The number of quaternary nitrogens is 2. The van der Waals surface area contributed by atoms with Crippen LogP contribution in [-0.4, -0.2) is 96.1 Å². The van der Waals surface area contributed by atoms with Crippen molar-refractivity contribution in [1.29, 1.82) is 0 Å². The third-order valence-corrected chi connectivity index (χ3v) is 16.2. The molecule has 0 bridgehead atoms. The maximum absolute atomic E-state index is 11.7. The molecule has 2 atom stereocenters. The van der Waals surface area contributed by atoms with Gasteiger partial charge in [-0.15, -0.1) is 0 Å². The van der Waals surface area contributed by atoms with Crippen molar-refractivity contribution in [2.45, 2.75) is 260 Å². The van der Waals surface area contributed by atoms with Crippen LogP contribution in [-0.2, 0) is 16.8 Å². The maximum atomic E-state index is 11.7. The number of phenolic OH excluding ortho intramolecular Hbond substituents is 2. The average molecular weight is 1080 g/mol. The summed E-state index contributed by atoms with van der Waals surface area (Å²) in [4.78, 5) is 10.5. The Balaban J connectivity index is -0.00000408. The van der Waals surface area contributed by atoms with Crippen LogP contribution in [0.1, 0.15) is 268 Å². The van der Waals surface area contributed by atoms with Crippen LogP contribution < -0.4 is 0 Å². The van der Waals surface area contributed by atoms with Gasteiger partial charge < -0.3 is 56.3 Å². The van der Waals surface area contributed by atoms with Crippen LogP contribution in [0.3, 0.4) is 0 Å². The zero-order valence-corrected chi connectivity index (χ0v) is 52.9. The zero-order valence-electron chi connectivity index (χ0n) is 51.8. The van der Waals surface area contributed by atoms with E-state index in [1.54, 1.807) is 0 Å². The molecule has 1 fully saturated rings. The third kappa shape index (κ3) is 26.9. The Hall–Kier alpha value is -2.19. The van der Waals surface area contributed by atoms with E-state index in [1.165, 1.54) is 214 Å². The summed E-state index contributed by atoms with van der Waals surface area (Å²) < 4.78 is 2.60. The van der Waals surface area contributed by atoms with Gasteiger partial charge in [-0.3, -0.25) is 9.98 Å². The van der Waals surface area contributed by atoms with Crippen LogP contribution in [0, 0.1) is 51.0 Å². The van der Waals surface area contributed by atoms with E-state index in [0.29, 0.717) is 23.3 Å². The van der Waals surface area contributed by atoms with Gasteiger partial charge in [0.15, 0.2) is 0 Å². The van der Waals surface area contributed by atoms with Crippen molar-refractivity contribution in [2.24, 2.45) is 9.98 Å². The molecule has 2 aromatic carbocycles. The third-order valence-electron chi connectivity index (χ3n) is 16.2. The monoisotopic (exact) mass is 1080 g/mol. The fraction of sp³-hybridized carbons (Fsp3) is 0.716. The number of unbranched alkanes of at least 4 members (excludes halogenated alkanes) is 8. The molecule has 7 heteroatoms. The fourth-order valence-corrected chi connectivity index (χ4v) is 11.6. The Morgan fingerprint density at radius 2 is 0.689 bits per heavy atom. The van der Waals surface area contributed by atoms with Crippen molar-refractivity contribution in [1.82, 2.24) is 0 Å². The summed E-state index contributed by atoms with van der Waals surface area (Å²) in [5.74, 6) is 1.70. The van der Waals surface area contributed by atoms with E-state index in [1.807, 2.05) is 19.4 Å². The number of aromatic hydroxyl groups is 2. The minimum absolute atomic E-state index is 0. The van der Waals surface area contributed by atoms with E-state index in [0.717, 1.165) is 47.9 Å². The Morgan fingerprint density at radius 1 is 0.432 bits per heavy atom. The summed E-state index contributed by atoms with van der Waals surface area (Å²) in [5.41, 5.74) is 6.35. The van der Waals surface area contributed by atoms with Crippen molar-refractivity contribution >= 4 is 12.4 Å². The summed E-state index contributed by atoms with van der Waals surface area (Å²) in [6, 6.07) is 9.17. The van der Waals surface area contributed by atoms with E-state index in [2.05, 4.69) is 86.6 Å². The quantitative estimate of drug-likeness (QED) is 0.0400. The largest absolute Gasteiger partial charge is 0.507 e. The zero-order chi connectivity index (χ0) is 49.6. The van der Waals surface area contributed by atoms with Gasteiger partial charge in [0.25, 0.3) is 0 Å². The molecule has 6 nitrogen and oxygen atoms in total. The Labute approximate surface area is 474 Å². The molecule has 2 unspecified atom stereocenters. The fourth-order valence-electron chi connectivity index (χ4n) is 11.6. The molecule has 0 spiro atoms. The minimum Gasteiger partial charge on any atom is -0.507 e. The van der Waals surface area contributed by atoms with Gasteiger partial charge in [-0.1, -0.05) is 145 Å². The molecule has 437 valence electrons. The number of nitrogens with zero attached hydrogens (tertiary/aromatic N) is 4. The number of hydrogen-bond acceptors (Lipinski definition) is 4. The van der Waals surface area contributed by atoms with Crippen molar-refractivity contribution in [2.75, 3.05) is 52.4 Å². The van der Waals surface area contributed by atoms with Gasteiger partial charge >= 0.3 is 0 Å². The number of rotatable bonds is 38. The minimum atomic E-state index is 0. The molecule has 0 aromatic heterocycles. The Kier molecular flexibility index (Phi) is 47.4. The molecule has 0 saturated heterocycles. The molecule has 2 aromatic rings. The van der Waals surface area contributed by atoms with Gasteiger partial charge in [0, 0.05) is 40.3 Å². The van der Waals surface area contributed by atoms with Gasteiger partial charge in [0.05, 0.1) is 64.4 Å². The number of benzene rings is 2. The van der Waals surface area contributed by atoms with Crippen LogP contribution in [0.4, 0.5) is 0 Å². The van der Waals surface area contributed by atoms with E-state index >= 15 is 0 Å². The summed E-state index contributed by atoms with van der Waals surface area (Å²) in [6.07, 6.45) is 36.0. The van der Waals surface area contributed by atoms with Gasteiger partial charge in [-0.05, 0) is 150 Å². The van der Waals surface area contributed by atoms with Crippen molar-refractivity contribution < 1.29 is 36.0 Å². The standard InChI is InChI=1S/C62H108N4O2.5CH3.Co/c1-11-19-31-53(32-20-12-2)55-45-51(9)61(67)57(47-55)49-63-59-35-27-28-36-60(59)64-50-58-48-56(46-52(10)62(58)68)54(33-29-43-65(37-21-13-3,38-22-14-4)39-23-15-5)34-30-44-66(40-24-16-6,41-25-17-7)42-26-18-8;;;;;;/h45-50,53-54,59-60H,11-44H2,1-10H3;5*1H3;/q;5*-1;/p+2. The molecule has 2 N–H and O–H groups in total. The summed E-state index contributed by atoms with van der Waals surface area (Å²) in [7, 11) is 0. The van der Waals surface area contributed by atoms with Crippen LogP contribution in [0.25, 0.3) is 0 Å². The van der Waals surface area contributed by atoms with E-state index in [4.69, 9.17) is 9.98 Å². The molecular formula is C67H125CoN4O2-3. The molecule has 1 aliphatic rings. The topological polar surface area (TPSA) is 65.2 Å². The second kappa shape index (κ2) is 44.8. The van der Waals surface area contributed by atoms with Crippen LogP contribution in [0.5, 0.6) is 11.5 Å². The van der Waals surface area contributed by atoms with Gasteiger partial charge in [0.1, 0.15) is 11.5 Å². The first-order chi connectivity index (χ1) is 33.0. The number of aliphatic imine (C=N–C) groups is 2. The van der Waals surface area contributed by atoms with Gasteiger partial charge in [-0.25, -0.2) is 0 Å². The molecule has 1 radical (unpaired) electrons. The molecule has 0 aliphatic heterocycles. The Bertz CT molecular complexity index is 1620. The second-order valence-corrected chi connectivity index (χ2v) is 22.1. The van der Waals surface area contributed by atoms with Crippen LogP contribution >= 0.6 is 0 Å². The number of hydrogen-bond donors (Lipinski definition) is 2. The second-order valence-electron chi connectivity index (χ2n) is 22.1.